The van der Waals surface area contributed by atoms with Gasteiger partial charge in [-0.1, -0.05) is 5.21 Å². The van der Waals surface area contributed by atoms with Crippen LogP contribution in [0.4, 0.5) is 0 Å². The monoisotopic (exact) mass is 277 g/mol. The van der Waals surface area contributed by atoms with Crippen molar-refractivity contribution in [3.05, 3.63) is 23.8 Å². The maximum Gasteiger partial charge on any atom is 0.335 e. The Balaban J connectivity index is 2.04. The summed E-state index contributed by atoms with van der Waals surface area (Å²) in [5.41, 5.74) is 1.45. The van der Waals surface area contributed by atoms with Gasteiger partial charge in [-0.2, -0.15) is 0 Å². The SMILES string of the molecule is CCOC(=O)CCCn1nnc2cc(C(=O)O)ccc21. The van der Waals surface area contributed by atoms with Crippen molar-refractivity contribution in [3.63, 3.8) is 0 Å². The number of aromatic nitrogens is 3. The number of aryl methyl sites for hydroxylation is 1. The van der Waals surface area contributed by atoms with Gasteiger partial charge in [-0.25, -0.2) is 9.48 Å². The van der Waals surface area contributed by atoms with Crippen LogP contribution in [0.3, 0.4) is 0 Å². The zero-order valence-corrected chi connectivity index (χ0v) is 11.1. The second-order valence-corrected chi connectivity index (χ2v) is 4.23. The van der Waals surface area contributed by atoms with Crippen LogP contribution in [0.5, 0.6) is 0 Å². The lowest BCUT2D eigenvalue weighted by Crippen LogP contribution is -2.07. The minimum absolute atomic E-state index is 0.177. The molecule has 2 aromatic rings. The van der Waals surface area contributed by atoms with Crippen LogP contribution in [0, 0.1) is 0 Å². The first kappa shape index (κ1) is 14.0. The minimum Gasteiger partial charge on any atom is -0.478 e. The molecular formula is C13H15N3O4. The van der Waals surface area contributed by atoms with Gasteiger partial charge in [0.1, 0.15) is 5.52 Å². The smallest absolute Gasteiger partial charge is 0.335 e. The zero-order chi connectivity index (χ0) is 14.5. The first-order chi connectivity index (χ1) is 9.61. The molecule has 2 rings (SSSR count). The molecule has 0 amide bonds. The Hall–Kier alpha value is -2.44. The zero-order valence-electron chi connectivity index (χ0n) is 11.1. The number of benzene rings is 1. The molecule has 1 aromatic carbocycles. The van der Waals surface area contributed by atoms with Crippen molar-refractivity contribution in [1.82, 2.24) is 15.0 Å². The van der Waals surface area contributed by atoms with Crippen molar-refractivity contribution >= 4 is 23.0 Å². The average Bonchev–Trinajstić information content (AvgIpc) is 2.81. The second kappa shape index (κ2) is 6.14. The first-order valence-corrected chi connectivity index (χ1v) is 6.34. The van der Waals surface area contributed by atoms with E-state index >= 15 is 0 Å². The van der Waals surface area contributed by atoms with Crippen LogP contribution in [0.1, 0.15) is 30.1 Å². The van der Waals surface area contributed by atoms with Gasteiger partial charge in [0, 0.05) is 13.0 Å². The standard InChI is InChI=1S/C13H15N3O4/c1-2-20-12(17)4-3-7-16-11-6-5-9(13(18)19)8-10(11)14-15-16/h5-6,8H,2-4,7H2,1H3,(H,18,19). The Labute approximate surface area is 115 Å². The van der Waals surface area contributed by atoms with Gasteiger partial charge in [0.15, 0.2) is 0 Å². The van der Waals surface area contributed by atoms with Gasteiger partial charge in [-0.3, -0.25) is 4.79 Å². The molecule has 0 aliphatic rings. The summed E-state index contributed by atoms with van der Waals surface area (Å²) in [5, 5.41) is 16.8. The molecule has 0 aliphatic heterocycles. The number of rotatable bonds is 6. The summed E-state index contributed by atoms with van der Waals surface area (Å²) >= 11 is 0. The fourth-order valence-electron chi connectivity index (χ4n) is 1.88. The van der Waals surface area contributed by atoms with Crippen molar-refractivity contribution in [2.24, 2.45) is 0 Å². The van der Waals surface area contributed by atoms with E-state index in [2.05, 4.69) is 10.3 Å². The summed E-state index contributed by atoms with van der Waals surface area (Å²) in [7, 11) is 0. The molecule has 0 atom stereocenters. The summed E-state index contributed by atoms with van der Waals surface area (Å²) in [6.07, 6.45) is 0.917. The van der Waals surface area contributed by atoms with Gasteiger partial charge in [0.2, 0.25) is 0 Å². The topological polar surface area (TPSA) is 94.3 Å². The number of hydrogen-bond acceptors (Lipinski definition) is 5. The Morgan fingerprint density at radius 1 is 1.40 bits per heavy atom. The number of carboxylic acid groups (broad SMARTS) is 1. The number of hydrogen-bond donors (Lipinski definition) is 1. The number of carbonyl (C=O) groups excluding carboxylic acids is 1. The molecule has 0 fully saturated rings. The van der Waals surface area contributed by atoms with E-state index in [0.717, 1.165) is 5.52 Å². The molecule has 0 saturated carbocycles. The summed E-state index contributed by atoms with van der Waals surface area (Å²) in [4.78, 5) is 22.1. The van der Waals surface area contributed by atoms with Gasteiger partial charge in [-0.15, -0.1) is 5.10 Å². The fourth-order valence-corrected chi connectivity index (χ4v) is 1.88. The summed E-state index contributed by atoms with van der Waals surface area (Å²) < 4.78 is 6.49. The fraction of sp³-hybridized carbons (Fsp3) is 0.385. The van der Waals surface area contributed by atoms with Crippen LogP contribution in [-0.4, -0.2) is 38.6 Å². The molecule has 1 heterocycles. The number of esters is 1. The number of nitrogens with zero attached hydrogens (tertiary/aromatic N) is 3. The van der Waals surface area contributed by atoms with Gasteiger partial charge >= 0.3 is 11.9 Å². The molecule has 0 saturated heterocycles. The third-order valence-corrected chi connectivity index (χ3v) is 2.82. The van der Waals surface area contributed by atoms with E-state index in [1.165, 1.54) is 12.1 Å². The van der Waals surface area contributed by atoms with Crippen LogP contribution in [0.15, 0.2) is 18.2 Å². The molecule has 7 heteroatoms. The van der Waals surface area contributed by atoms with E-state index in [-0.39, 0.29) is 11.5 Å². The van der Waals surface area contributed by atoms with E-state index in [1.807, 2.05) is 0 Å². The van der Waals surface area contributed by atoms with Crippen LogP contribution >= 0.6 is 0 Å². The normalized spacial score (nSPS) is 10.7. The van der Waals surface area contributed by atoms with E-state index in [4.69, 9.17) is 9.84 Å². The van der Waals surface area contributed by atoms with Crippen LogP contribution in [-0.2, 0) is 16.1 Å². The number of carbonyl (C=O) groups is 2. The molecule has 20 heavy (non-hydrogen) atoms. The Morgan fingerprint density at radius 3 is 2.90 bits per heavy atom. The molecule has 1 aromatic heterocycles. The molecule has 0 aliphatic carbocycles. The lowest BCUT2D eigenvalue weighted by molar-refractivity contribution is -0.143. The number of fused-ring (bicyclic) bond motifs is 1. The summed E-state index contributed by atoms with van der Waals surface area (Å²) in [5.74, 6) is -1.23. The summed E-state index contributed by atoms with van der Waals surface area (Å²) in [6.45, 7) is 2.67. The van der Waals surface area contributed by atoms with Crippen molar-refractivity contribution in [3.8, 4) is 0 Å². The van der Waals surface area contributed by atoms with Gasteiger partial charge in [-0.05, 0) is 31.5 Å². The molecule has 0 spiro atoms. The number of carboxylic acids is 1. The van der Waals surface area contributed by atoms with Crippen molar-refractivity contribution < 1.29 is 19.4 Å². The Kier molecular flexibility index (Phi) is 4.29. The second-order valence-electron chi connectivity index (χ2n) is 4.23. The number of ether oxygens (including phenoxy) is 1. The highest BCUT2D eigenvalue weighted by molar-refractivity contribution is 5.92. The van der Waals surface area contributed by atoms with Gasteiger partial charge < -0.3 is 9.84 Å². The largest absolute Gasteiger partial charge is 0.478 e. The number of aromatic carboxylic acids is 1. The van der Waals surface area contributed by atoms with Crippen LogP contribution in [0.2, 0.25) is 0 Å². The quantitative estimate of drug-likeness (QED) is 0.803. The van der Waals surface area contributed by atoms with Crippen LogP contribution in [0.25, 0.3) is 11.0 Å². The predicted molar refractivity (Wildman–Crippen MR) is 70.4 cm³/mol. The Bertz CT molecular complexity index is 636. The van der Waals surface area contributed by atoms with Crippen molar-refractivity contribution in [2.45, 2.75) is 26.3 Å². The molecule has 0 radical (unpaired) electrons. The predicted octanol–water partition coefficient (Wildman–Crippen LogP) is 1.47. The lowest BCUT2D eigenvalue weighted by atomic mass is 10.2. The van der Waals surface area contributed by atoms with Crippen molar-refractivity contribution in [1.29, 1.82) is 0 Å². The summed E-state index contributed by atoms with van der Waals surface area (Å²) in [6, 6.07) is 4.66. The highest BCUT2D eigenvalue weighted by atomic mass is 16.5. The van der Waals surface area contributed by atoms with E-state index in [9.17, 15) is 9.59 Å². The maximum absolute atomic E-state index is 11.2. The molecule has 0 bridgehead atoms. The molecule has 0 unspecified atom stereocenters. The maximum atomic E-state index is 11.2. The van der Waals surface area contributed by atoms with E-state index in [0.29, 0.717) is 31.5 Å². The highest BCUT2D eigenvalue weighted by Crippen LogP contribution is 2.14. The van der Waals surface area contributed by atoms with Crippen molar-refractivity contribution in [2.75, 3.05) is 6.61 Å². The first-order valence-electron chi connectivity index (χ1n) is 6.34. The van der Waals surface area contributed by atoms with Crippen LogP contribution < -0.4 is 0 Å². The average molecular weight is 277 g/mol. The van der Waals surface area contributed by atoms with E-state index in [1.54, 1.807) is 17.7 Å². The highest BCUT2D eigenvalue weighted by Gasteiger charge is 2.09. The molecule has 1 N–H and O–H groups in total. The third-order valence-electron chi connectivity index (χ3n) is 2.82. The van der Waals surface area contributed by atoms with Gasteiger partial charge in [0.05, 0.1) is 17.7 Å². The third kappa shape index (κ3) is 3.11. The molecular weight excluding hydrogens is 262 g/mol. The lowest BCUT2D eigenvalue weighted by Gasteiger charge is -2.03. The van der Waals surface area contributed by atoms with Gasteiger partial charge in [0.25, 0.3) is 0 Å². The molecule has 106 valence electrons. The minimum atomic E-state index is -0.997. The molecule has 7 nitrogen and oxygen atoms in total. The Morgan fingerprint density at radius 2 is 2.20 bits per heavy atom. The van der Waals surface area contributed by atoms with E-state index < -0.39 is 5.97 Å².